The van der Waals surface area contributed by atoms with Crippen molar-refractivity contribution >= 4 is 17.2 Å². The molecule has 7 heteroatoms. The summed E-state index contributed by atoms with van der Waals surface area (Å²) in [5, 5.41) is 0. The smallest absolute Gasteiger partial charge is 0.254 e. The Kier molecular flexibility index (Phi) is 6.09. The van der Waals surface area contributed by atoms with Gasteiger partial charge in [0.15, 0.2) is 5.60 Å². The van der Waals surface area contributed by atoms with Gasteiger partial charge in [0.05, 0.1) is 11.2 Å². The van der Waals surface area contributed by atoms with Gasteiger partial charge < -0.3 is 19.3 Å². The van der Waals surface area contributed by atoms with Crippen LogP contribution in [0, 0.1) is 12.8 Å². The molecule has 2 fully saturated rings. The third-order valence-electron chi connectivity index (χ3n) is 5.48. The molecule has 1 aromatic heterocycles. The Morgan fingerprint density at radius 2 is 2.28 bits per heavy atom. The zero-order chi connectivity index (χ0) is 17.9. The molecule has 2 aliphatic heterocycles. The summed E-state index contributed by atoms with van der Waals surface area (Å²) < 4.78 is 11.1. The third-order valence-corrected chi connectivity index (χ3v) is 6.40. The van der Waals surface area contributed by atoms with Gasteiger partial charge in [-0.2, -0.15) is 0 Å². The van der Waals surface area contributed by atoms with Gasteiger partial charge in [-0.1, -0.05) is 0 Å². The van der Waals surface area contributed by atoms with Crippen molar-refractivity contribution in [2.24, 2.45) is 5.92 Å². The maximum Gasteiger partial charge on any atom is 0.254 e. The molecule has 0 aliphatic carbocycles. The monoisotopic (exact) mass is 367 g/mol. The molecule has 2 aliphatic rings. The first-order valence-electron chi connectivity index (χ1n) is 9.04. The summed E-state index contributed by atoms with van der Waals surface area (Å²) in [6.45, 7) is 6.87. The van der Waals surface area contributed by atoms with E-state index in [-0.39, 0.29) is 5.91 Å². The van der Waals surface area contributed by atoms with Crippen LogP contribution >= 0.6 is 11.3 Å². The number of hydrogen-bond acceptors (Lipinski definition) is 6. The molecule has 6 nitrogen and oxygen atoms in total. The fraction of sp³-hybridized carbons (Fsp3) is 0.778. The average Bonchev–Trinajstić information content (AvgIpc) is 3.24. The summed E-state index contributed by atoms with van der Waals surface area (Å²) in [7, 11) is 3.81. The summed E-state index contributed by atoms with van der Waals surface area (Å²) in [6.07, 6.45) is 2.39. The van der Waals surface area contributed by atoms with E-state index < -0.39 is 5.60 Å². The number of aryl methyl sites for hydroxylation is 1. The highest BCUT2D eigenvalue weighted by molar-refractivity contribution is 7.09. The molecule has 25 heavy (non-hydrogen) atoms. The van der Waals surface area contributed by atoms with Crippen molar-refractivity contribution < 1.29 is 14.3 Å². The fourth-order valence-electron chi connectivity index (χ4n) is 3.89. The Balaban J connectivity index is 1.52. The van der Waals surface area contributed by atoms with Crippen LogP contribution in [0.2, 0.25) is 0 Å². The summed E-state index contributed by atoms with van der Waals surface area (Å²) in [4.78, 5) is 23.0. The molecule has 0 aromatic carbocycles. The zero-order valence-corrected chi connectivity index (χ0v) is 16.3. The van der Waals surface area contributed by atoms with E-state index in [2.05, 4.69) is 23.9 Å². The molecule has 0 radical (unpaired) electrons. The van der Waals surface area contributed by atoms with E-state index in [9.17, 15) is 4.79 Å². The standard InChI is InChI=1S/C18H29N3O3S/c1-14-16(25-13-19-14)12-20(2)10-15-4-7-21(11-15)17(22)18(23-3)5-8-24-9-6-18/h13,15H,4-12H2,1-3H3. The third kappa shape index (κ3) is 4.22. The Morgan fingerprint density at radius 3 is 2.92 bits per heavy atom. The van der Waals surface area contributed by atoms with Gasteiger partial charge in [0.25, 0.3) is 5.91 Å². The number of methoxy groups -OCH3 is 1. The van der Waals surface area contributed by atoms with Crippen LogP contribution in [0.5, 0.6) is 0 Å². The lowest BCUT2D eigenvalue weighted by molar-refractivity contribution is -0.165. The topological polar surface area (TPSA) is 54.9 Å². The molecule has 1 unspecified atom stereocenters. The van der Waals surface area contributed by atoms with Gasteiger partial charge in [-0.25, -0.2) is 4.98 Å². The second kappa shape index (κ2) is 8.12. The number of thiazole rings is 1. The number of amides is 1. The first kappa shape index (κ1) is 18.8. The minimum atomic E-state index is -0.668. The van der Waals surface area contributed by atoms with Crippen molar-refractivity contribution in [3.05, 3.63) is 16.1 Å². The number of hydrogen-bond donors (Lipinski definition) is 0. The van der Waals surface area contributed by atoms with Crippen LogP contribution in [0.15, 0.2) is 5.51 Å². The predicted octanol–water partition coefficient (Wildman–Crippen LogP) is 1.93. The Bertz CT molecular complexity index is 586. The van der Waals surface area contributed by atoms with Crippen molar-refractivity contribution in [3.8, 4) is 0 Å². The first-order chi connectivity index (χ1) is 12.0. The van der Waals surface area contributed by atoms with E-state index in [0.717, 1.165) is 38.3 Å². The quantitative estimate of drug-likeness (QED) is 0.769. The van der Waals surface area contributed by atoms with Crippen molar-refractivity contribution in [1.82, 2.24) is 14.8 Å². The van der Waals surface area contributed by atoms with E-state index in [1.807, 2.05) is 10.4 Å². The molecule has 0 bridgehead atoms. The highest BCUT2D eigenvalue weighted by Crippen LogP contribution is 2.30. The lowest BCUT2D eigenvalue weighted by atomic mass is 9.92. The lowest BCUT2D eigenvalue weighted by Crippen LogP contribution is -2.52. The molecule has 1 atom stereocenters. The number of carbonyl (C=O) groups excluding carboxylic acids is 1. The number of rotatable bonds is 6. The Labute approximate surface area is 154 Å². The van der Waals surface area contributed by atoms with Crippen LogP contribution in [0.3, 0.4) is 0 Å². The zero-order valence-electron chi connectivity index (χ0n) is 15.5. The molecule has 3 heterocycles. The van der Waals surface area contributed by atoms with Crippen LogP contribution in [-0.4, -0.2) is 73.3 Å². The lowest BCUT2D eigenvalue weighted by Gasteiger charge is -2.37. The second-order valence-electron chi connectivity index (χ2n) is 7.27. The predicted molar refractivity (Wildman–Crippen MR) is 97.7 cm³/mol. The maximum atomic E-state index is 13.0. The number of ether oxygens (including phenoxy) is 2. The summed E-state index contributed by atoms with van der Waals surface area (Å²) in [6, 6.07) is 0. The van der Waals surface area contributed by atoms with Crippen molar-refractivity contribution in [1.29, 1.82) is 0 Å². The highest BCUT2D eigenvalue weighted by atomic mass is 32.1. The molecular weight excluding hydrogens is 338 g/mol. The van der Waals surface area contributed by atoms with Crippen LogP contribution in [0.25, 0.3) is 0 Å². The van der Waals surface area contributed by atoms with Gasteiger partial charge in [-0.15, -0.1) is 11.3 Å². The normalized spacial score (nSPS) is 23.4. The van der Waals surface area contributed by atoms with Crippen LogP contribution < -0.4 is 0 Å². The SMILES string of the molecule is COC1(C(=O)N2CCC(CN(C)Cc3scnc3C)C2)CCOCC1. The fourth-order valence-corrected chi connectivity index (χ4v) is 4.75. The summed E-state index contributed by atoms with van der Waals surface area (Å²) in [5.74, 6) is 0.678. The largest absolute Gasteiger partial charge is 0.381 e. The number of nitrogens with zero attached hydrogens (tertiary/aromatic N) is 3. The van der Waals surface area contributed by atoms with E-state index >= 15 is 0 Å². The number of carbonyl (C=O) groups is 1. The van der Waals surface area contributed by atoms with Gasteiger partial charge in [-0.3, -0.25) is 4.79 Å². The minimum absolute atomic E-state index is 0.154. The van der Waals surface area contributed by atoms with Gasteiger partial charge in [-0.05, 0) is 26.3 Å². The minimum Gasteiger partial charge on any atom is -0.381 e. The van der Waals surface area contributed by atoms with Crippen LogP contribution in [0.4, 0.5) is 0 Å². The van der Waals surface area contributed by atoms with Gasteiger partial charge in [0.1, 0.15) is 0 Å². The number of likely N-dealkylation sites (tertiary alicyclic amines) is 1. The maximum absolute atomic E-state index is 13.0. The molecular formula is C18H29N3O3S. The summed E-state index contributed by atoms with van der Waals surface area (Å²) in [5.41, 5.74) is 2.37. The molecule has 2 saturated heterocycles. The van der Waals surface area contributed by atoms with E-state index in [0.29, 0.717) is 32.0 Å². The van der Waals surface area contributed by atoms with E-state index in [1.165, 1.54) is 4.88 Å². The number of aromatic nitrogens is 1. The van der Waals surface area contributed by atoms with Crippen molar-refractivity contribution in [2.45, 2.75) is 38.3 Å². The van der Waals surface area contributed by atoms with Crippen molar-refractivity contribution in [3.63, 3.8) is 0 Å². The second-order valence-corrected chi connectivity index (χ2v) is 8.21. The van der Waals surface area contributed by atoms with Crippen molar-refractivity contribution in [2.75, 3.05) is 47.0 Å². The highest BCUT2D eigenvalue weighted by Gasteiger charge is 2.44. The average molecular weight is 368 g/mol. The van der Waals surface area contributed by atoms with Gasteiger partial charge in [0.2, 0.25) is 0 Å². The van der Waals surface area contributed by atoms with Crippen LogP contribution in [0.1, 0.15) is 29.8 Å². The first-order valence-corrected chi connectivity index (χ1v) is 9.92. The molecule has 0 spiro atoms. The molecule has 3 rings (SSSR count). The summed E-state index contributed by atoms with van der Waals surface area (Å²) >= 11 is 1.72. The molecule has 0 N–H and O–H groups in total. The molecule has 140 valence electrons. The van der Waals surface area contributed by atoms with Crippen LogP contribution in [-0.2, 0) is 20.8 Å². The Morgan fingerprint density at radius 1 is 1.52 bits per heavy atom. The van der Waals surface area contributed by atoms with E-state index in [4.69, 9.17) is 9.47 Å². The molecule has 0 saturated carbocycles. The van der Waals surface area contributed by atoms with Gasteiger partial charge >= 0.3 is 0 Å². The van der Waals surface area contributed by atoms with E-state index in [1.54, 1.807) is 18.4 Å². The molecule has 1 amide bonds. The Hall–Kier alpha value is -1.02. The van der Waals surface area contributed by atoms with Gasteiger partial charge in [0, 0.05) is 64.2 Å². The molecule has 1 aromatic rings.